The van der Waals surface area contributed by atoms with E-state index >= 15 is 0 Å². The summed E-state index contributed by atoms with van der Waals surface area (Å²) in [6.07, 6.45) is 0.247. The minimum atomic E-state index is -5.13. The highest BCUT2D eigenvalue weighted by Gasteiger charge is 2.72. The van der Waals surface area contributed by atoms with E-state index in [2.05, 4.69) is 0 Å². The Morgan fingerprint density at radius 2 is 1.47 bits per heavy atom. The number of aliphatic hydroxyl groups is 8. The van der Waals surface area contributed by atoms with E-state index in [1.807, 2.05) is 0 Å². The van der Waals surface area contributed by atoms with Gasteiger partial charge in [-0.3, -0.25) is 4.57 Å². The number of hydrogen-bond donors (Lipinski definition) is 8. The average Bonchev–Trinajstić information content (AvgIpc) is 2.59. The number of nitrogens with zero attached hydrogens (tertiary/aromatic N) is 2. The lowest BCUT2D eigenvalue weighted by Gasteiger charge is -2.53. The fourth-order valence-corrected chi connectivity index (χ4v) is 6.04. The molecule has 1 heterocycles. The third-order valence-electron chi connectivity index (χ3n) is 4.54. The maximum absolute atomic E-state index is 13.9. The maximum atomic E-state index is 13.9. The Labute approximate surface area is 181 Å². The second kappa shape index (κ2) is 8.50. The number of rotatable bonds is 7. The van der Waals surface area contributed by atoms with Crippen molar-refractivity contribution in [3.63, 3.8) is 0 Å². The van der Waals surface area contributed by atoms with Gasteiger partial charge in [-0.25, -0.2) is 4.67 Å². The summed E-state index contributed by atoms with van der Waals surface area (Å²) in [6.45, 7) is 1.10. The summed E-state index contributed by atoms with van der Waals surface area (Å²) in [7, 11) is -5.13. The first kappa shape index (κ1) is 25.8. The van der Waals surface area contributed by atoms with E-state index in [1.54, 1.807) is 30.3 Å². The minimum Gasteiger partial charge on any atom is -0.348 e. The Bertz CT molecular complexity index is 758. The van der Waals surface area contributed by atoms with E-state index in [9.17, 15) is 45.4 Å². The molecule has 0 radical (unpaired) electrons. The van der Waals surface area contributed by atoms with Gasteiger partial charge in [-0.2, -0.15) is 0 Å². The van der Waals surface area contributed by atoms with E-state index in [4.69, 9.17) is 27.7 Å². The van der Waals surface area contributed by atoms with Gasteiger partial charge in [0.25, 0.3) is 0 Å². The molecule has 1 aromatic rings. The number of hydrogen-bond acceptors (Lipinski definition) is 10. The van der Waals surface area contributed by atoms with Crippen LogP contribution in [0, 0.1) is 0 Å². The zero-order valence-electron chi connectivity index (χ0n) is 15.6. The molecule has 2 atom stereocenters. The molecule has 0 amide bonds. The quantitative estimate of drug-likeness (QED) is 0.130. The van der Waals surface area contributed by atoms with E-state index in [0.29, 0.717) is 5.56 Å². The molecule has 172 valence electrons. The van der Waals surface area contributed by atoms with Crippen molar-refractivity contribution in [1.82, 2.24) is 9.34 Å². The van der Waals surface area contributed by atoms with Crippen molar-refractivity contribution in [2.75, 3.05) is 13.2 Å². The molecule has 30 heavy (non-hydrogen) atoms. The predicted molar refractivity (Wildman–Crippen MR) is 102 cm³/mol. The van der Waals surface area contributed by atoms with Crippen LogP contribution in [0.2, 0.25) is 0 Å². The molecule has 8 N–H and O–H groups in total. The van der Waals surface area contributed by atoms with Gasteiger partial charge in [0.2, 0.25) is 0 Å². The Hall–Kier alpha value is -0.410. The lowest BCUT2D eigenvalue weighted by molar-refractivity contribution is -0.456. The summed E-state index contributed by atoms with van der Waals surface area (Å²) in [4.78, 5) is 0. The highest BCUT2D eigenvalue weighted by molar-refractivity contribution is 7.54. The Balaban J connectivity index is 2.71. The van der Waals surface area contributed by atoms with E-state index < -0.39 is 40.7 Å². The predicted octanol–water partition coefficient (Wildman–Crippen LogP) is -1.09. The van der Waals surface area contributed by atoms with Crippen molar-refractivity contribution in [1.29, 1.82) is 0 Å². The summed E-state index contributed by atoms with van der Waals surface area (Å²) in [6, 6.07) is 7.40. The van der Waals surface area contributed by atoms with E-state index in [1.165, 1.54) is 6.92 Å². The van der Waals surface area contributed by atoms with Crippen LogP contribution < -0.4 is 0 Å². The summed E-state index contributed by atoms with van der Waals surface area (Å²) in [5, 5.41) is 71.2. The molecule has 0 aromatic heterocycles. The molecule has 0 aliphatic carbocycles. The normalized spacial score (nSPS) is 23.6. The largest absolute Gasteiger partial charge is 0.355 e. The third kappa shape index (κ3) is 4.53. The Morgan fingerprint density at radius 3 is 1.90 bits per heavy atom. The fraction of sp³-hybridized carbons (Fsp3) is 0.600. The van der Waals surface area contributed by atoms with Gasteiger partial charge in [-0.05, 0) is 42.1 Å². The zero-order valence-corrected chi connectivity index (χ0v) is 18.0. The number of benzene rings is 1. The molecule has 1 aromatic carbocycles. The standard InChI is InChI=1S/C15H23Cl2N2O10P/c1-10(11-6-3-2-4-7-11)18-8-5-9-29-30(18,28)19(14(24,25)12(16,20)21)15(26,27)13(17,22)23/h2-4,6-7,10,20-27H,5,8-9H2,1H3. The van der Waals surface area contributed by atoms with Crippen molar-refractivity contribution >= 4 is 30.9 Å². The second-order valence-electron chi connectivity index (χ2n) is 6.68. The molecular formula is C15H23Cl2N2O10P. The van der Waals surface area contributed by atoms with E-state index in [-0.39, 0.29) is 19.6 Å². The molecule has 2 rings (SSSR count). The van der Waals surface area contributed by atoms with Crippen LogP contribution in [-0.2, 0) is 9.09 Å². The molecule has 1 saturated heterocycles. The van der Waals surface area contributed by atoms with Crippen molar-refractivity contribution in [2.45, 2.75) is 41.7 Å². The van der Waals surface area contributed by atoms with E-state index in [0.717, 1.165) is 4.67 Å². The monoisotopic (exact) mass is 492 g/mol. The van der Waals surface area contributed by atoms with Crippen LogP contribution >= 0.6 is 30.9 Å². The van der Waals surface area contributed by atoms with Gasteiger partial charge in [0.15, 0.2) is 0 Å². The number of halogens is 2. The van der Waals surface area contributed by atoms with Crippen molar-refractivity contribution in [2.24, 2.45) is 0 Å². The highest BCUT2D eigenvalue weighted by atomic mass is 35.5. The molecule has 1 fully saturated rings. The first-order valence-electron chi connectivity index (χ1n) is 8.52. The summed E-state index contributed by atoms with van der Waals surface area (Å²) < 4.78 is 19.2. The van der Waals surface area contributed by atoms with Crippen LogP contribution in [0.4, 0.5) is 0 Å². The van der Waals surface area contributed by atoms with Gasteiger partial charge < -0.3 is 45.4 Å². The van der Waals surface area contributed by atoms with Crippen LogP contribution in [0.5, 0.6) is 0 Å². The minimum absolute atomic E-state index is 0.0890. The fourth-order valence-electron chi connectivity index (χ4n) is 2.94. The van der Waals surface area contributed by atoms with Gasteiger partial charge in [0.05, 0.1) is 6.61 Å². The third-order valence-corrected chi connectivity index (χ3v) is 7.83. The summed E-state index contributed by atoms with van der Waals surface area (Å²) >= 11 is 10.3. The highest BCUT2D eigenvalue weighted by Crippen LogP contribution is 2.65. The second-order valence-corrected chi connectivity index (χ2v) is 9.89. The summed E-state index contributed by atoms with van der Waals surface area (Å²) in [5.74, 6) is -8.80. The molecular weight excluding hydrogens is 470 g/mol. The lowest BCUT2D eigenvalue weighted by Crippen LogP contribution is -2.74. The molecule has 1 aliphatic rings. The van der Waals surface area contributed by atoms with Crippen molar-refractivity contribution < 1.29 is 49.9 Å². The maximum Gasteiger partial charge on any atom is 0.355 e. The topological polar surface area (TPSA) is 195 Å². The van der Waals surface area contributed by atoms with Gasteiger partial charge >= 0.3 is 30.0 Å². The molecule has 0 spiro atoms. The molecule has 12 nitrogen and oxygen atoms in total. The lowest BCUT2D eigenvalue weighted by atomic mass is 10.1. The van der Waals surface area contributed by atoms with Gasteiger partial charge in [0.1, 0.15) is 0 Å². The van der Waals surface area contributed by atoms with Gasteiger partial charge in [-0.1, -0.05) is 35.0 Å². The zero-order chi connectivity index (χ0) is 23.2. The SMILES string of the molecule is CC(c1ccccc1)N1CCCOP1(=O)N(C(O)(O)C(O)(O)Cl)C(O)(O)C(O)(O)Cl. The number of alkyl halides is 2. The van der Waals surface area contributed by atoms with Crippen LogP contribution in [0.1, 0.15) is 24.9 Å². The van der Waals surface area contributed by atoms with Crippen LogP contribution in [-0.4, -0.2) is 85.7 Å². The van der Waals surface area contributed by atoms with Crippen molar-refractivity contribution in [3.05, 3.63) is 35.9 Å². The van der Waals surface area contributed by atoms with Gasteiger partial charge in [-0.15, -0.1) is 0 Å². The molecule has 2 unspecified atom stereocenters. The van der Waals surface area contributed by atoms with Crippen LogP contribution in [0.15, 0.2) is 30.3 Å². The first-order valence-corrected chi connectivity index (χ1v) is 10.8. The first-order chi connectivity index (χ1) is 13.5. The molecule has 1 aliphatic heterocycles. The summed E-state index contributed by atoms with van der Waals surface area (Å²) in [5.41, 5.74) is 0.529. The average molecular weight is 493 g/mol. The molecule has 0 saturated carbocycles. The smallest absolute Gasteiger partial charge is 0.348 e. The van der Waals surface area contributed by atoms with Crippen LogP contribution in [0.3, 0.4) is 0 Å². The molecule has 0 bridgehead atoms. The van der Waals surface area contributed by atoms with Crippen molar-refractivity contribution in [3.8, 4) is 0 Å². The van der Waals surface area contributed by atoms with Crippen LogP contribution in [0.25, 0.3) is 0 Å². The molecule has 15 heteroatoms. The van der Waals surface area contributed by atoms with Gasteiger partial charge in [0, 0.05) is 12.6 Å². The Kier molecular flexibility index (Phi) is 7.33. The Morgan fingerprint density at radius 1 is 1.00 bits per heavy atom.